The smallest absolute Gasteiger partial charge is 0.255 e. The van der Waals surface area contributed by atoms with Crippen LogP contribution in [0.1, 0.15) is 80.1 Å². The number of carbonyl (C=O) groups is 1. The minimum absolute atomic E-state index is 0.219. The first-order valence-electron chi connectivity index (χ1n) is 12.5. The van der Waals surface area contributed by atoms with Crippen LogP contribution in [-0.2, 0) is 0 Å². The molecule has 3 nitrogen and oxygen atoms in total. The van der Waals surface area contributed by atoms with Crippen molar-refractivity contribution in [1.82, 2.24) is 9.88 Å². The average molecular weight is 427 g/mol. The summed E-state index contributed by atoms with van der Waals surface area (Å²) in [6.45, 7) is 2.10. The first kappa shape index (κ1) is 21.2. The topological polar surface area (TPSA) is 33.2 Å². The van der Waals surface area contributed by atoms with E-state index in [1.165, 1.54) is 44.1 Å². The Morgan fingerprint density at radius 3 is 2.12 bits per heavy atom. The number of rotatable bonds is 4. The molecule has 2 aromatic carbocycles. The van der Waals surface area contributed by atoms with E-state index in [0.717, 1.165) is 53.4 Å². The highest BCUT2D eigenvalue weighted by Gasteiger charge is 2.34. The maximum Gasteiger partial charge on any atom is 0.255 e. The molecule has 1 aromatic heterocycles. The van der Waals surface area contributed by atoms with Crippen LogP contribution >= 0.6 is 0 Å². The molecule has 2 aliphatic rings. The SMILES string of the molecule is Cc1cccc(-c2cc(C(=O)N(C3CCCCC3)C3CCCCC3)c3ccccc3n2)c1. The van der Waals surface area contributed by atoms with E-state index >= 15 is 0 Å². The van der Waals surface area contributed by atoms with Crippen molar-refractivity contribution in [2.75, 3.05) is 0 Å². The Kier molecular flexibility index (Phi) is 6.25. The highest BCUT2D eigenvalue weighted by atomic mass is 16.2. The van der Waals surface area contributed by atoms with E-state index in [9.17, 15) is 4.79 Å². The van der Waals surface area contributed by atoms with E-state index in [1.807, 2.05) is 18.2 Å². The molecular formula is C29H34N2O. The lowest BCUT2D eigenvalue weighted by Gasteiger charge is -2.42. The molecule has 3 heteroatoms. The highest BCUT2D eigenvalue weighted by molar-refractivity contribution is 6.07. The molecule has 0 bridgehead atoms. The quantitative estimate of drug-likeness (QED) is 0.438. The number of amides is 1. The summed E-state index contributed by atoms with van der Waals surface area (Å²) in [5.41, 5.74) is 4.90. The minimum Gasteiger partial charge on any atom is -0.333 e. The van der Waals surface area contributed by atoms with Crippen molar-refractivity contribution >= 4 is 16.8 Å². The normalized spacial score (nSPS) is 18.0. The van der Waals surface area contributed by atoms with Gasteiger partial charge in [0.15, 0.2) is 0 Å². The van der Waals surface area contributed by atoms with Crippen LogP contribution < -0.4 is 0 Å². The lowest BCUT2D eigenvalue weighted by Crippen LogP contribution is -2.48. The van der Waals surface area contributed by atoms with Crippen molar-refractivity contribution in [1.29, 1.82) is 0 Å². The zero-order chi connectivity index (χ0) is 21.9. The second-order valence-corrected chi connectivity index (χ2v) is 9.74. The van der Waals surface area contributed by atoms with E-state index in [2.05, 4.69) is 48.2 Å². The van der Waals surface area contributed by atoms with Gasteiger partial charge in [0.1, 0.15) is 0 Å². The molecule has 2 aliphatic carbocycles. The van der Waals surface area contributed by atoms with Crippen LogP contribution in [0.4, 0.5) is 0 Å². The summed E-state index contributed by atoms with van der Waals surface area (Å²) in [6, 6.07) is 19.4. The summed E-state index contributed by atoms with van der Waals surface area (Å²) < 4.78 is 0. The summed E-state index contributed by atoms with van der Waals surface area (Å²) in [6.07, 6.45) is 12.2. The number of nitrogens with zero attached hydrogens (tertiary/aromatic N) is 2. The number of benzene rings is 2. The molecule has 0 saturated heterocycles. The maximum absolute atomic E-state index is 14.3. The molecular weight excluding hydrogens is 392 g/mol. The number of hydrogen-bond acceptors (Lipinski definition) is 2. The van der Waals surface area contributed by atoms with Crippen molar-refractivity contribution in [3.05, 3.63) is 65.7 Å². The van der Waals surface area contributed by atoms with Crippen LogP contribution in [0.25, 0.3) is 22.2 Å². The number of fused-ring (bicyclic) bond motifs is 1. The molecule has 0 spiro atoms. The highest BCUT2D eigenvalue weighted by Crippen LogP contribution is 2.34. The van der Waals surface area contributed by atoms with Gasteiger partial charge in [-0.25, -0.2) is 4.98 Å². The van der Waals surface area contributed by atoms with Crippen LogP contribution in [0.5, 0.6) is 0 Å². The Hall–Kier alpha value is -2.68. The summed E-state index contributed by atoms with van der Waals surface area (Å²) >= 11 is 0. The number of pyridine rings is 1. The molecule has 3 aromatic rings. The molecule has 1 amide bonds. The maximum atomic E-state index is 14.3. The van der Waals surface area contributed by atoms with Gasteiger partial charge in [-0.3, -0.25) is 4.79 Å². The molecule has 0 atom stereocenters. The van der Waals surface area contributed by atoms with Gasteiger partial charge in [0.25, 0.3) is 5.91 Å². The fourth-order valence-corrected chi connectivity index (χ4v) is 5.79. The van der Waals surface area contributed by atoms with Crippen LogP contribution in [0.2, 0.25) is 0 Å². The third-order valence-corrected chi connectivity index (χ3v) is 7.43. The van der Waals surface area contributed by atoms with Gasteiger partial charge in [-0.15, -0.1) is 0 Å². The zero-order valence-electron chi connectivity index (χ0n) is 19.2. The molecule has 0 unspecified atom stereocenters. The summed E-state index contributed by atoms with van der Waals surface area (Å²) in [7, 11) is 0. The predicted molar refractivity (Wildman–Crippen MR) is 132 cm³/mol. The minimum atomic E-state index is 0.219. The predicted octanol–water partition coefficient (Wildman–Crippen LogP) is 7.32. The Labute approximate surface area is 191 Å². The monoisotopic (exact) mass is 426 g/mol. The molecule has 0 radical (unpaired) electrons. The number of carbonyl (C=O) groups excluding carboxylic acids is 1. The van der Waals surface area contributed by atoms with Crippen molar-refractivity contribution < 1.29 is 4.79 Å². The van der Waals surface area contributed by atoms with Gasteiger partial charge in [0.05, 0.1) is 16.8 Å². The zero-order valence-corrected chi connectivity index (χ0v) is 19.2. The Morgan fingerprint density at radius 1 is 0.812 bits per heavy atom. The first-order chi connectivity index (χ1) is 15.7. The number of hydrogen-bond donors (Lipinski definition) is 0. The van der Waals surface area contributed by atoms with E-state index in [4.69, 9.17) is 4.98 Å². The summed E-state index contributed by atoms with van der Waals surface area (Å²) in [4.78, 5) is 21.6. The van der Waals surface area contributed by atoms with Gasteiger partial charge in [0.2, 0.25) is 0 Å². The van der Waals surface area contributed by atoms with Gasteiger partial charge in [0, 0.05) is 23.0 Å². The summed E-state index contributed by atoms with van der Waals surface area (Å²) in [5, 5.41) is 0.977. The Bertz CT molecular complexity index is 1080. The van der Waals surface area contributed by atoms with Gasteiger partial charge >= 0.3 is 0 Å². The van der Waals surface area contributed by atoms with E-state index in [1.54, 1.807) is 0 Å². The summed E-state index contributed by atoms with van der Waals surface area (Å²) in [5.74, 6) is 0.219. The van der Waals surface area contributed by atoms with Gasteiger partial charge in [-0.2, -0.15) is 0 Å². The lowest BCUT2D eigenvalue weighted by atomic mass is 9.87. The third kappa shape index (κ3) is 4.30. The number of aromatic nitrogens is 1. The fraction of sp³-hybridized carbons (Fsp3) is 0.448. The van der Waals surface area contributed by atoms with E-state index in [0.29, 0.717) is 12.1 Å². The molecule has 0 N–H and O–H groups in total. The number of aryl methyl sites for hydroxylation is 1. The van der Waals surface area contributed by atoms with Gasteiger partial charge < -0.3 is 4.90 Å². The average Bonchev–Trinajstić information content (AvgIpc) is 2.85. The van der Waals surface area contributed by atoms with E-state index in [-0.39, 0.29) is 5.91 Å². The molecule has 166 valence electrons. The van der Waals surface area contributed by atoms with Crippen molar-refractivity contribution in [3.63, 3.8) is 0 Å². The van der Waals surface area contributed by atoms with Crippen LogP contribution in [0, 0.1) is 6.92 Å². The van der Waals surface area contributed by atoms with Crippen LogP contribution in [0.15, 0.2) is 54.6 Å². The second-order valence-electron chi connectivity index (χ2n) is 9.74. The van der Waals surface area contributed by atoms with Crippen molar-refractivity contribution in [2.24, 2.45) is 0 Å². The van der Waals surface area contributed by atoms with Crippen LogP contribution in [-0.4, -0.2) is 27.9 Å². The van der Waals surface area contributed by atoms with Gasteiger partial charge in [-0.05, 0) is 50.8 Å². The van der Waals surface area contributed by atoms with Crippen molar-refractivity contribution in [2.45, 2.75) is 83.2 Å². The number of para-hydroxylation sites is 1. The lowest BCUT2D eigenvalue weighted by molar-refractivity contribution is 0.0450. The molecule has 2 saturated carbocycles. The molecule has 0 aliphatic heterocycles. The molecule has 1 heterocycles. The largest absolute Gasteiger partial charge is 0.333 e. The Balaban J connectivity index is 1.61. The van der Waals surface area contributed by atoms with E-state index < -0.39 is 0 Å². The third-order valence-electron chi connectivity index (χ3n) is 7.43. The molecule has 2 fully saturated rings. The van der Waals surface area contributed by atoms with Gasteiger partial charge in [-0.1, -0.05) is 80.5 Å². The second kappa shape index (κ2) is 9.44. The molecule has 32 heavy (non-hydrogen) atoms. The Morgan fingerprint density at radius 2 is 1.47 bits per heavy atom. The standard InChI is InChI=1S/C29H34N2O/c1-21-11-10-12-22(19-21)28-20-26(25-17-8-9-18-27(25)30-28)29(32)31(23-13-4-2-5-14-23)24-15-6-3-7-16-24/h8-12,17-20,23-24H,2-7,13-16H2,1H3. The first-order valence-corrected chi connectivity index (χ1v) is 12.5. The van der Waals surface area contributed by atoms with Crippen molar-refractivity contribution in [3.8, 4) is 11.3 Å². The molecule has 5 rings (SSSR count). The fourth-order valence-electron chi connectivity index (χ4n) is 5.79. The van der Waals surface area contributed by atoms with Crippen LogP contribution in [0.3, 0.4) is 0 Å².